The van der Waals surface area contributed by atoms with E-state index in [0.717, 1.165) is 31.5 Å². The van der Waals surface area contributed by atoms with Crippen LogP contribution >= 0.6 is 0 Å². The van der Waals surface area contributed by atoms with Gasteiger partial charge in [0.15, 0.2) is 6.10 Å². The van der Waals surface area contributed by atoms with Crippen molar-refractivity contribution >= 4 is 5.91 Å². The quantitative estimate of drug-likeness (QED) is 0.581. The molecule has 0 aliphatic carbocycles. The number of halogens is 3. The first-order valence-corrected chi connectivity index (χ1v) is 10.9. The average Bonchev–Trinajstić information content (AvgIpc) is 2.78. The summed E-state index contributed by atoms with van der Waals surface area (Å²) in [5.41, 5.74) is 0.728. The highest BCUT2D eigenvalue weighted by atomic mass is 19.4. The van der Waals surface area contributed by atoms with Crippen molar-refractivity contribution in [3.8, 4) is 11.5 Å². The Kier molecular flexibility index (Phi) is 8.39. The number of amides is 1. The molecule has 1 heterocycles. The van der Waals surface area contributed by atoms with Gasteiger partial charge < -0.3 is 19.7 Å². The molecule has 1 aliphatic rings. The van der Waals surface area contributed by atoms with Gasteiger partial charge in [0, 0.05) is 14.5 Å². The number of alkyl halides is 3. The second-order valence-electron chi connectivity index (χ2n) is 7.95. The molecule has 1 saturated heterocycles. The summed E-state index contributed by atoms with van der Waals surface area (Å²) in [4.78, 5) is 15.2. The maximum atomic E-state index is 13.4. The fourth-order valence-electron chi connectivity index (χ4n) is 3.82. The molecule has 0 aromatic heterocycles. The van der Waals surface area contributed by atoms with Gasteiger partial charge in [0.05, 0.1) is 0 Å². The number of hydrogen-bond acceptors (Lipinski definition) is 4. The van der Waals surface area contributed by atoms with Crippen molar-refractivity contribution in [3.63, 3.8) is 0 Å². The first kappa shape index (κ1) is 23.9. The van der Waals surface area contributed by atoms with Crippen molar-refractivity contribution in [1.29, 1.82) is 0 Å². The summed E-state index contributed by atoms with van der Waals surface area (Å²) in [6.45, 7) is 4.55. The molecule has 1 N–H and O–H groups in total. The van der Waals surface area contributed by atoms with Crippen molar-refractivity contribution < 1.29 is 28.9 Å². The van der Waals surface area contributed by atoms with E-state index in [9.17, 15) is 18.0 Å². The number of rotatable bonds is 9. The average molecular weight is 453 g/mol. The molecule has 2 atom stereocenters. The predicted octanol–water partition coefficient (Wildman–Crippen LogP) is 5.02. The molecule has 176 valence electrons. The van der Waals surface area contributed by atoms with Crippen molar-refractivity contribution in [2.75, 3.05) is 19.6 Å². The monoisotopic (exact) mass is 452 g/mol. The SMILES string of the molecule is CCC(Oc1ccccc1)C(=O)N(Cc1ccc(OC(F)(F)F)cc1)CC1CCCNC1.[HH]. The molecule has 1 fully saturated rings. The van der Waals surface area contributed by atoms with Gasteiger partial charge in [-0.3, -0.25) is 4.79 Å². The Hall–Kier alpha value is -2.74. The third-order valence-electron chi connectivity index (χ3n) is 5.39. The zero-order valence-electron chi connectivity index (χ0n) is 18.1. The molecule has 8 heteroatoms. The second-order valence-corrected chi connectivity index (χ2v) is 7.95. The fraction of sp³-hybridized carbons (Fsp3) is 0.458. The highest BCUT2D eigenvalue weighted by Crippen LogP contribution is 2.24. The number of nitrogens with zero attached hydrogens (tertiary/aromatic N) is 1. The molecule has 1 aliphatic heterocycles. The first-order valence-electron chi connectivity index (χ1n) is 10.9. The molecule has 2 aromatic rings. The maximum Gasteiger partial charge on any atom is 0.573 e. The van der Waals surface area contributed by atoms with Crippen LogP contribution in [-0.4, -0.2) is 42.9 Å². The second kappa shape index (κ2) is 11.2. The Morgan fingerprint density at radius 3 is 2.47 bits per heavy atom. The summed E-state index contributed by atoms with van der Waals surface area (Å²) >= 11 is 0. The minimum Gasteiger partial charge on any atom is -0.481 e. The number of carbonyl (C=O) groups is 1. The van der Waals surface area contributed by atoms with Gasteiger partial charge in [0.25, 0.3) is 5.91 Å². The number of para-hydroxylation sites is 1. The molecule has 5 nitrogen and oxygen atoms in total. The number of benzene rings is 2. The third kappa shape index (κ3) is 7.44. The lowest BCUT2D eigenvalue weighted by molar-refractivity contribution is -0.274. The number of piperidine rings is 1. The zero-order valence-corrected chi connectivity index (χ0v) is 18.1. The summed E-state index contributed by atoms with van der Waals surface area (Å²) in [6.07, 6.45) is -2.80. The minimum atomic E-state index is -4.74. The van der Waals surface area contributed by atoms with Crippen molar-refractivity contribution in [3.05, 3.63) is 60.2 Å². The third-order valence-corrected chi connectivity index (χ3v) is 5.39. The molecule has 1 amide bonds. The van der Waals surface area contributed by atoms with Gasteiger partial charge in [0.2, 0.25) is 0 Å². The number of carbonyl (C=O) groups excluding carboxylic acids is 1. The van der Waals surface area contributed by atoms with E-state index in [-0.39, 0.29) is 19.6 Å². The molecule has 2 unspecified atom stereocenters. The van der Waals surface area contributed by atoms with Crippen LogP contribution in [0.4, 0.5) is 13.2 Å². The van der Waals surface area contributed by atoms with E-state index >= 15 is 0 Å². The Bertz CT molecular complexity index is 844. The Labute approximate surface area is 188 Å². The molecule has 0 saturated carbocycles. The van der Waals surface area contributed by atoms with E-state index < -0.39 is 12.5 Å². The normalized spacial score (nSPS) is 17.4. The van der Waals surface area contributed by atoms with E-state index in [1.165, 1.54) is 12.1 Å². The largest absolute Gasteiger partial charge is 0.573 e. The van der Waals surface area contributed by atoms with Crippen LogP contribution in [0.15, 0.2) is 54.6 Å². The summed E-state index contributed by atoms with van der Waals surface area (Å²) in [5.74, 6) is 0.530. The molecule has 0 bridgehead atoms. The lowest BCUT2D eigenvalue weighted by atomic mass is 9.98. The van der Waals surface area contributed by atoms with Crippen molar-refractivity contribution in [2.24, 2.45) is 5.92 Å². The van der Waals surface area contributed by atoms with Gasteiger partial charge in [-0.25, -0.2) is 0 Å². The molecule has 0 radical (unpaired) electrons. The molecule has 2 aromatic carbocycles. The maximum absolute atomic E-state index is 13.4. The van der Waals surface area contributed by atoms with Crippen molar-refractivity contribution in [1.82, 2.24) is 10.2 Å². The summed E-state index contributed by atoms with van der Waals surface area (Å²) in [5, 5.41) is 3.36. The van der Waals surface area contributed by atoms with E-state index in [1.807, 2.05) is 37.3 Å². The Morgan fingerprint density at radius 1 is 1.16 bits per heavy atom. The van der Waals surface area contributed by atoms with Gasteiger partial charge in [-0.15, -0.1) is 13.2 Å². The van der Waals surface area contributed by atoms with Crippen LogP contribution in [0.3, 0.4) is 0 Å². The van der Waals surface area contributed by atoms with Crippen LogP contribution in [-0.2, 0) is 11.3 Å². The Balaban J connectivity index is 0.00000385. The van der Waals surface area contributed by atoms with E-state index in [1.54, 1.807) is 17.0 Å². The topological polar surface area (TPSA) is 50.8 Å². The highest BCUT2D eigenvalue weighted by molar-refractivity contribution is 5.81. The lowest BCUT2D eigenvalue weighted by Gasteiger charge is -2.32. The smallest absolute Gasteiger partial charge is 0.481 e. The molecular formula is C24H31F3N2O3. The van der Waals surface area contributed by atoms with Crippen molar-refractivity contribution in [2.45, 2.75) is 45.2 Å². The number of hydrogen-bond donors (Lipinski definition) is 1. The van der Waals surface area contributed by atoms with Crippen LogP contribution in [0.2, 0.25) is 0 Å². The standard InChI is InChI=1S/C24H29F3N2O3.H2/c1-2-22(31-20-8-4-3-5-9-20)23(30)29(17-19-7-6-14-28-15-19)16-18-10-12-21(13-11-18)32-24(25,26)27;/h3-5,8-13,19,22,28H,2,6-7,14-17H2,1H3;1H. The molecule has 32 heavy (non-hydrogen) atoms. The van der Waals surface area contributed by atoms with Gasteiger partial charge in [-0.05, 0) is 68.1 Å². The first-order chi connectivity index (χ1) is 15.3. The Morgan fingerprint density at radius 2 is 1.88 bits per heavy atom. The van der Waals surface area contributed by atoms with Gasteiger partial charge in [-0.2, -0.15) is 0 Å². The van der Waals surface area contributed by atoms with Crippen LogP contribution in [0, 0.1) is 5.92 Å². The summed E-state index contributed by atoms with van der Waals surface area (Å²) < 4.78 is 47.2. The van der Waals surface area contributed by atoms with Gasteiger partial charge in [-0.1, -0.05) is 37.3 Å². The number of nitrogens with one attached hydrogen (secondary N) is 1. The summed E-state index contributed by atoms with van der Waals surface area (Å²) in [7, 11) is 0. The molecule has 3 rings (SSSR count). The van der Waals surface area contributed by atoms with E-state index in [2.05, 4.69) is 10.1 Å². The van der Waals surface area contributed by atoms with E-state index in [4.69, 9.17) is 4.74 Å². The molecular weight excluding hydrogens is 421 g/mol. The van der Waals surface area contributed by atoms with Gasteiger partial charge >= 0.3 is 6.36 Å². The van der Waals surface area contributed by atoms with Crippen LogP contribution < -0.4 is 14.8 Å². The predicted molar refractivity (Wildman–Crippen MR) is 117 cm³/mol. The van der Waals surface area contributed by atoms with Crippen LogP contribution in [0.5, 0.6) is 11.5 Å². The lowest BCUT2D eigenvalue weighted by Crippen LogP contribution is -2.46. The molecule has 0 spiro atoms. The minimum absolute atomic E-state index is 0. The van der Waals surface area contributed by atoms with E-state index in [0.29, 0.717) is 24.6 Å². The summed E-state index contributed by atoms with van der Waals surface area (Å²) in [6, 6.07) is 14.8. The van der Waals surface area contributed by atoms with Crippen LogP contribution in [0.25, 0.3) is 0 Å². The number of ether oxygens (including phenoxy) is 2. The van der Waals surface area contributed by atoms with Crippen LogP contribution in [0.1, 0.15) is 33.2 Å². The fourth-order valence-corrected chi connectivity index (χ4v) is 3.82. The highest BCUT2D eigenvalue weighted by Gasteiger charge is 2.31. The van der Waals surface area contributed by atoms with Gasteiger partial charge in [0.1, 0.15) is 11.5 Å². The zero-order chi connectivity index (χ0) is 23.0.